The number of aryl methyl sites for hydroxylation is 1. The first kappa shape index (κ1) is 12.6. The third-order valence-electron chi connectivity index (χ3n) is 3.46. The van der Waals surface area contributed by atoms with Gasteiger partial charge in [0, 0.05) is 12.6 Å². The topological polar surface area (TPSA) is 32.7 Å². The number of nitrogens with zero attached hydrogens (tertiary/aromatic N) is 1. The average molecular weight is 235 g/mol. The number of benzene rings is 1. The Balaban J connectivity index is 1.87. The van der Waals surface area contributed by atoms with Crippen molar-refractivity contribution in [1.82, 2.24) is 4.90 Å². The minimum atomic E-state index is 0.107. The largest absolute Gasteiger partial charge is 0.394 e. The molecular weight excluding hydrogens is 214 g/mol. The van der Waals surface area contributed by atoms with Crippen molar-refractivity contribution in [3.63, 3.8) is 0 Å². The van der Waals surface area contributed by atoms with Crippen LogP contribution in [-0.4, -0.2) is 43.4 Å². The second-order valence-corrected chi connectivity index (χ2v) is 4.57. The van der Waals surface area contributed by atoms with Gasteiger partial charge < -0.3 is 9.84 Å². The number of hydrogen-bond donors (Lipinski definition) is 1. The van der Waals surface area contributed by atoms with E-state index in [2.05, 4.69) is 36.2 Å². The monoisotopic (exact) mass is 235 g/mol. The van der Waals surface area contributed by atoms with Crippen molar-refractivity contribution in [2.75, 3.05) is 33.4 Å². The molecule has 1 aromatic carbocycles. The molecule has 0 spiro atoms. The maximum atomic E-state index is 8.63. The highest BCUT2D eigenvalue weighted by molar-refractivity contribution is 5.34. The van der Waals surface area contributed by atoms with Crippen LogP contribution in [0.4, 0.5) is 0 Å². The number of aliphatic hydroxyl groups excluding tert-OH is 1. The van der Waals surface area contributed by atoms with E-state index in [0.717, 1.165) is 6.54 Å². The summed E-state index contributed by atoms with van der Waals surface area (Å²) in [6, 6.07) is 9.23. The van der Waals surface area contributed by atoms with Gasteiger partial charge in [0.15, 0.2) is 0 Å². The predicted octanol–water partition coefficient (Wildman–Crippen LogP) is 1.61. The number of aliphatic hydroxyl groups is 1. The van der Waals surface area contributed by atoms with E-state index in [9.17, 15) is 0 Å². The zero-order valence-corrected chi connectivity index (χ0v) is 10.4. The first-order valence-corrected chi connectivity index (χ1v) is 6.29. The molecule has 1 aliphatic rings. The molecule has 0 bridgehead atoms. The van der Waals surface area contributed by atoms with Crippen molar-refractivity contribution in [2.24, 2.45) is 0 Å². The van der Waals surface area contributed by atoms with Crippen LogP contribution >= 0.6 is 0 Å². The SMILES string of the molecule is CN(CCOCCO)C1CCc2ccccc21. The molecule has 0 saturated carbocycles. The van der Waals surface area contributed by atoms with Gasteiger partial charge in [-0.3, -0.25) is 4.90 Å². The fourth-order valence-corrected chi connectivity index (χ4v) is 2.52. The van der Waals surface area contributed by atoms with Crippen LogP contribution in [0.1, 0.15) is 23.6 Å². The Bertz CT molecular complexity index is 354. The molecule has 0 fully saturated rings. The fraction of sp³-hybridized carbons (Fsp3) is 0.571. The molecule has 1 unspecified atom stereocenters. The first-order chi connectivity index (χ1) is 8.33. The smallest absolute Gasteiger partial charge is 0.0698 e. The third-order valence-corrected chi connectivity index (χ3v) is 3.46. The van der Waals surface area contributed by atoms with E-state index in [-0.39, 0.29) is 6.61 Å². The van der Waals surface area contributed by atoms with E-state index in [4.69, 9.17) is 9.84 Å². The molecular formula is C14H21NO2. The van der Waals surface area contributed by atoms with Crippen LogP contribution in [0.25, 0.3) is 0 Å². The van der Waals surface area contributed by atoms with Gasteiger partial charge in [-0.25, -0.2) is 0 Å². The summed E-state index contributed by atoms with van der Waals surface area (Å²) in [5.41, 5.74) is 2.96. The summed E-state index contributed by atoms with van der Waals surface area (Å²) in [5.74, 6) is 0. The van der Waals surface area contributed by atoms with Crippen molar-refractivity contribution in [2.45, 2.75) is 18.9 Å². The highest BCUT2D eigenvalue weighted by Gasteiger charge is 2.24. The van der Waals surface area contributed by atoms with Crippen LogP contribution < -0.4 is 0 Å². The van der Waals surface area contributed by atoms with Crippen molar-refractivity contribution >= 4 is 0 Å². The Morgan fingerprint density at radius 3 is 3.00 bits per heavy atom. The molecule has 17 heavy (non-hydrogen) atoms. The number of likely N-dealkylation sites (N-methyl/N-ethyl adjacent to an activating group) is 1. The molecule has 2 rings (SSSR count). The summed E-state index contributed by atoms with van der Waals surface area (Å²) in [4.78, 5) is 2.35. The van der Waals surface area contributed by atoms with E-state index in [1.807, 2.05) is 0 Å². The second kappa shape index (κ2) is 6.15. The van der Waals surface area contributed by atoms with Crippen LogP contribution in [0.15, 0.2) is 24.3 Å². The van der Waals surface area contributed by atoms with Gasteiger partial charge in [0.25, 0.3) is 0 Å². The predicted molar refractivity (Wildman–Crippen MR) is 68.0 cm³/mol. The Kier molecular flexibility index (Phi) is 4.54. The van der Waals surface area contributed by atoms with E-state index in [1.165, 1.54) is 24.0 Å². The fourth-order valence-electron chi connectivity index (χ4n) is 2.52. The summed E-state index contributed by atoms with van der Waals surface area (Å²) >= 11 is 0. The molecule has 0 aromatic heterocycles. The first-order valence-electron chi connectivity index (χ1n) is 6.29. The molecule has 1 aromatic rings. The van der Waals surface area contributed by atoms with E-state index >= 15 is 0 Å². The van der Waals surface area contributed by atoms with Gasteiger partial charge in [-0.05, 0) is 31.0 Å². The molecule has 0 heterocycles. The van der Waals surface area contributed by atoms with E-state index in [0.29, 0.717) is 19.3 Å². The quantitative estimate of drug-likeness (QED) is 0.760. The maximum Gasteiger partial charge on any atom is 0.0698 e. The summed E-state index contributed by atoms with van der Waals surface area (Å²) in [6.07, 6.45) is 2.39. The second-order valence-electron chi connectivity index (χ2n) is 4.57. The standard InChI is InChI=1S/C14H21NO2/c1-15(8-10-17-11-9-16)14-7-6-12-4-2-3-5-13(12)14/h2-5,14,16H,6-11H2,1H3. The van der Waals surface area contributed by atoms with Crippen LogP contribution in [0.2, 0.25) is 0 Å². The van der Waals surface area contributed by atoms with Crippen LogP contribution in [0.5, 0.6) is 0 Å². The van der Waals surface area contributed by atoms with Gasteiger partial charge in [-0.1, -0.05) is 24.3 Å². The lowest BCUT2D eigenvalue weighted by atomic mass is 10.1. The molecule has 3 heteroatoms. The number of rotatable bonds is 6. The lowest BCUT2D eigenvalue weighted by Gasteiger charge is -2.25. The lowest BCUT2D eigenvalue weighted by molar-refractivity contribution is 0.0703. The number of ether oxygens (including phenoxy) is 1. The summed E-state index contributed by atoms with van der Waals surface area (Å²) < 4.78 is 5.31. The highest BCUT2D eigenvalue weighted by atomic mass is 16.5. The van der Waals surface area contributed by atoms with Crippen LogP contribution in [0, 0.1) is 0 Å². The number of hydrogen-bond acceptors (Lipinski definition) is 3. The van der Waals surface area contributed by atoms with E-state index < -0.39 is 0 Å². The number of fused-ring (bicyclic) bond motifs is 1. The molecule has 0 aliphatic heterocycles. The lowest BCUT2D eigenvalue weighted by Crippen LogP contribution is -2.27. The highest BCUT2D eigenvalue weighted by Crippen LogP contribution is 2.34. The van der Waals surface area contributed by atoms with Gasteiger partial charge >= 0.3 is 0 Å². The molecule has 1 N–H and O–H groups in total. The van der Waals surface area contributed by atoms with Gasteiger partial charge in [0.1, 0.15) is 0 Å². The van der Waals surface area contributed by atoms with E-state index in [1.54, 1.807) is 0 Å². The zero-order chi connectivity index (χ0) is 12.1. The van der Waals surface area contributed by atoms with Gasteiger partial charge in [-0.2, -0.15) is 0 Å². The Morgan fingerprint density at radius 1 is 1.35 bits per heavy atom. The van der Waals surface area contributed by atoms with Crippen molar-refractivity contribution in [3.05, 3.63) is 35.4 Å². The molecule has 0 radical (unpaired) electrons. The molecule has 0 amide bonds. The van der Waals surface area contributed by atoms with Crippen LogP contribution in [0.3, 0.4) is 0 Å². The minimum Gasteiger partial charge on any atom is -0.394 e. The van der Waals surface area contributed by atoms with Crippen molar-refractivity contribution in [1.29, 1.82) is 0 Å². The Labute approximate surface area is 103 Å². The third kappa shape index (κ3) is 3.06. The average Bonchev–Trinajstić information content (AvgIpc) is 2.78. The normalized spacial score (nSPS) is 18.6. The summed E-state index contributed by atoms with van der Waals surface area (Å²) in [7, 11) is 2.15. The van der Waals surface area contributed by atoms with Gasteiger partial charge in [-0.15, -0.1) is 0 Å². The molecule has 3 nitrogen and oxygen atoms in total. The van der Waals surface area contributed by atoms with Crippen LogP contribution in [-0.2, 0) is 11.2 Å². The van der Waals surface area contributed by atoms with Gasteiger partial charge in [0.05, 0.1) is 19.8 Å². The summed E-state index contributed by atoms with van der Waals surface area (Å²) in [6.45, 7) is 2.15. The van der Waals surface area contributed by atoms with Crippen molar-refractivity contribution < 1.29 is 9.84 Å². The Morgan fingerprint density at radius 2 is 2.18 bits per heavy atom. The maximum absolute atomic E-state index is 8.63. The summed E-state index contributed by atoms with van der Waals surface area (Å²) in [5, 5.41) is 8.63. The zero-order valence-electron chi connectivity index (χ0n) is 10.4. The van der Waals surface area contributed by atoms with Gasteiger partial charge in [0.2, 0.25) is 0 Å². The molecule has 94 valence electrons. The molecule has 1 aliphatic carbocycles. The minimum absolute atomic E-state index is 0.107. The van der Waals surface area contributed by atoms with Crippen molar-refractivity contribution in [3.8, 4) is 0 Å². The Hall–Kier alpha value is -0.900. The molecule has 1 atom stereocenters. The molecule has 0 saturated heterocycles.